The van der Waals surface area contributed by atoms with Crippen LogP contribution in [0.2, 0.25) is 0 Å². The average Bonchev–Trinajstić information content (AvgIpc) is 2.94. The minimum absolute atomic E-state index is 0.0137. The van der Waals surface area contributed by atoms with Gasteiger partial charge in [0, 0.05) is 12.1 Å². The number of aromatic nitrogens is 3. The molecule has 0 aliphatic carbocycles. The smallest absolute Gasteiger partial charge is 0.233 e. The van der Waals surface area contributed by atoms with Gasteiger partial charge in [0.2, 0.25) is 5.91 Å². The number of amides is 1. The Kier molecular flexibility index (Phi) is 5.43. The third-order valence-corrected chi connectivity index (χ3v) is 3.99. The van der Waals surface area contributed by atoms with Gasteiger partial charge in [-0.3, -0.25) is 9.36 Å². The summed E-state index contributed by atoms with van der Waals surface area (Å²) in [6.45, 7) is 5.73. The quantitative estimate of drug-likeness (QED) is 0.827. The lowest BCUT2D eigenvalue weighted by atomic mass is 10.3. The molecule has 0 bridgehead atoms. The molecule has 0 saturated carbocycles. The lowest BCUT2D eigenvalue weighted by molar-refractivity contribution is -0.120. The number of methoxy groups -OCH3 is 1. The molecule has 2 rings (SSSR count). The second kappa shape index (κ2) is 7.31. The molecule has 1 heterocycles. The number of benzene rings is 1. The molecule has 1 N–H and O–H groups in total. The van der Waals surface area contributed by atoms with E-state index in [1.54, 1.807) is 13.4 Å². The average molecular weight is 320 g/mol. The van der Waals surface area contributed by atoms with E-state index in [9.17, 15) is 4.79 Å². The zero-order valence-electron chi connectivity index (χ0n) is 13.1. The zero-order chi connectivity index (χ0) is 16.1. The third kappa shape index (κ3) is 4.00. The molecule has 2 aromatic rings. The molecule has 1 aromatic heterocycles. The largest absolute Gasteiger partial charge is 0.497 e. The minimum Gasteiger partial charge on any atom is -0.497 e. The number of ether oxygens (including phenoxy) is 1. The van der Waals surface area contributed by atoms with Gasteiger partial charge in [-0.2, -0.15) is 0 Å². The highest BCUT2D eigenvalue weighted by molar-refractivity contribution is 8.00. The van der Waals surface area contributed by atoms with Crippen LogP contribution in [0, 0.1) is 0 Å². The van der Waals surface area contributed by atoms with Crippen molar-refractivity contribution >= 4 is 17.7 Å². The van der Waals surface area contributed by atoms with Gasteiger partial charge in [-0.25, -0.2) is 0 Å². The van der Waals surface area contributed by atoms with Crippen molar-refractivity contribution < 1.29 is 9.53 Å². The van der Waals surface area contributed by atoms with Crippen molar-refractivity contribution in [1.82, 2.24) is 20.1 Å². The van der Waals surface area contributed by atoms with Crippen molar-refractivity contribution in [1.29, 1.82) is 0 Å². The molecule has 1 aromatic carbocycles. The maximum Gasteiger partial charge on any atom is 0.233 e. The van der Waals surface area contributed by atoms with Gasteiger partial charge < -0.3 is 10.1 Å². The Morgan fingerprint density at radius 2 is 2.14 bits per heavy atom. The van der Waals surface area contributed by atoms with Crippen LogP contribution in [-0.2, 0) is 4.79 Å². The Balaban J connectivity index is 2.17. The highest BCUT2D eigenvalue weighted by atomic mass is 32.2. The molecule has 0 saturated heterocycles. The maximum atomic E-state index is 12.0. The molecule has 0 radical (unpaired) electrons. The van der Waals surface area contributed by atoms with E-state index < -0.39 is 0 Å². The number of hydrogen-bond acceptors (Lipinski definition) is 5. The number of nitrogens with zero attached hydrogens (tertiary/aromatic N) is 3. The van der Waals surface area contributed by atoms with Gasteiger partial charge >= 0.3 is 0 Å². The molecule has 0 spiro atoms. The predicted octanol–water partition coefficient (Wildman–Crippen LogP) is 2.28. The lowest BCUT2D eigenvalue weighted by Gasteiger charge is -2.14. The standard InChI is InChI=1S/C15H20N4O2S/c1-10(2)17-14(20)11(3)22-15-18-16-9-19(15)12-6-5-7-13(8-12)21-4/h5-11H,1-4H3,(H,17,20)/t11-/m0/s1. The van der Waals surface area contributed by atoms with E-state index in [2.05, 4.69) is 15.5 Å². The van der Waals surface area contributed by atoms with E-state index in [0.717, 1.165) is 11.4 Å². The highest BCUT2D eigenvalue weighted by Gasteiger charge is 2.18. The number of hydrogen-bond donors (Lipinski definition) is 1. The molecule has 6 nitrogen and oxygen atoms in total. The minimum atomic E-state index is -0.254. The van der Waals surface area contributed by atoms with Gasteiger partial charge in [0.1, 0.15) is 12.1 Å². The van der Waals surface area contributed by atoms with Crippen LogP contribution in [0.3, 0.4) is 0 Å². The molecule has 7 heteroatoms. The van der Waals surface area contributed by atoms with Crippen LogP contribution < -0.4 is 10.1 Å². The maximum absolute atomic E-state index is 12.0. The van der Waals surface area contributed by atoms with Gasteiger partial charge in [-0.1, -0.05) is 17.8 Å². The highest BCUT2D eigenvalue weighted by Crippen LogP contribution is 2.25. The Hall–Kier alpha value is -2.02. The van der Waals surface area contributed by atoms with Gasteiger partial charge in [-0.05, 0) is 32.9 Å². The normalized spacial score (nSPS) is 12.2. The van der Waals surface area contributed by atoms with Crippen molar-refractivity contribution in [3.63, 3.8) is 0 Å². The molecule has 0 unspecified atom stereocenters. The lowest BCUT2D eigenvalue weighted by Crippen LogP contribution is -2.36. The summed E-state index contributed by atoms with van der Waals surface area (Å²) in [5.41, 5.74) is 0.892. The van der Waals surface area contributed by atoms with Crippen molar-refractivity contribution in [3.05, 3.63) is 30.6 Å². The molecule has 118 valence electrons. The molecule has 1 atom stereocenters. The predicted molar refractivity (Wildman–Crippen MR) is 86.5 cm³/mol. The van der Waals surface area contributed by atoms with Crippen LogP contribution in [0.5, 0.6) is 5.75 Å². The molecular weight excluding hydrogens is 300 g/mol. The van der Waals surface area contributed by atoms with Crippen molar-refractivity contribution in [2.24, 2.45) is 0 Å². The van der Waals surface area contributed by atoms with Gasteiger partial charge in [0.25, 0.3) is 0 Å². The second-order valence-corrected chi connectivity index (χ2v) is 6.42. The summed E-state index contributed by atoms with van der Waals surface area (Å²) in [5, 5.41) is 11.4. The summed E-state index contributed by atoms with van der Waals surface area (Å²) in [7, 11) is 1.62. The van der Waals surface area contributed by atoms with E-state index in [-0.39, 0.29) is 17.2 Å². The fourth-order valence-electron chi connectivity index (χ4n) is 1.86. The molecule has 1 amide bonds. The van der Waals surface area contributed by atoms with Crippen molar-refractivity contribution in [2.45, 2.75) is 37.2 Å². The number of carbonyl (C=O) groups excluding carboxylic acids is 1. The first-order valence-corrected chi connectivity index (χ1v) is 7.90. The van der Waals surface area contributed by atoms with Gasteiger partial charge in [0.15, 0.2) is 5.16 Å². The van der Waals surface area contributed by atoms with E-state index in [0.29, 0.717) is 5.16 Å². The molecule has 0 fully saturated rings. The van der Waals surface area contributed by atoms with E-state index in [4.69, 9.17) is 4.74 Å². The van der Waals surface area contributed by atoms with Crippen LogP contribution in [0.15, 0.2) is 35.7 Å². The monoisotopic (exact) mass is 320 g/mol. The Bertz CT molecular complexity index is 642. The molecule has 22 heavy (non-hydrogen) atoms. The SMILES string of the molecule is COc1cccc(-n2cnnc2S[C@@H](C)C(=O)NC(C)C)c1. The van der Waals surface area contributed by atoms with Crippen LogP contribution in [0.4, 0.5) is 0 Å². The summed E-state index contributed by atoms with van der Waals surface area (Å²) in [5.74, 6) is 0.743. The third-order valence-electron chi connectivity index (χ3n) is 2.93. The van der Waals surface area contributed by atoms with Gasteiger partial charge in [-0.15, -0.1) is 10.2 Å². The van der Waals surface area contributed by atoms with Gasteiger partial charge in [0.05, 0.1) is 18.0 Å². The van der Waals surface area contributed by atoms with Crippen LogP contribution in [0.25, 0.3) is 5.69 Å². The summed E-state index contributed by atoms with van der Waals surface area (Å²) in [4.78, 5) is 12.0. The van der Waals surface area contributed by atoms with Crippen LogP contribution in [-0.4, -0.2) is 39.1 Å². The fourth-order valence-corrected chi connectivity index (χ4v) is 2.71. The first kappa shape index (κ1) is 16.4. The number of thioether (sulfide) groups is 1. The second-order valence-electron chi connectivity index (χ2n) is 5.11. The molecule has 0 aliphatic rings. The van der Waals surface area contributed by atoms with Crippen LogP contribution in [0.1, 0.15) is 20.8 Å². The van der Waals surface area contributed by atoms with E-state index in [1.165, 1.54) is 11.8 Å². The summed E-state index contributed by atoms with van der Waals surface area (Å²) >= 11 is 1.37. The van der Waals surface area contributed by atoms with E-state index in [1.807, 2.05) is 49.6 Å². The fraction of sp³-hybridized carbons (Fsp3) is 0.400. The Morgan fingerprint density at radius 1 is 1.36 bits per heavy atom. The first-order chi connectivity index (χ1) is 10.5. The zero-order valence-corrected chi connectivity index (χ0v) is 13.9. The van der Waals surface area contributed by atoms with Crippen molar-refractivity contribution in [3.8, 4) is 11.4 Å². The number of rotatable bonds is 6. The van der Waals surface area contributed by atoms with Crippen molar-refractivity contribution in [2.75, 3.05) is 7.11 Å². The topological polar surface area (TPSA) is 69.0 Å². The summed E-state index contributed by atoms with van der Waals surface area (Å²) in [6.07, 6.45) is 1.63. The molecular formula is C15H20N4O2S. The molecule has 0 aliphatic heterocycles. The first-order valence-electron chi connectivity index (χ1n) is 7.02. The van der Waals surface area contributed by atoms with E-state index >= 15 is 0 Å². The Morgan fingerprint density at radius 3 is 2.82 bits per heavy atom. The summed E-state index contributed by atoms with van der Waals surface area (Å²) < 4.78 is 7.07. The number of nitrogens with one attached hydrogen (secondary N) is 1. The van der Waals surface area contributed by atoms with Crippen LogP contribution >= 0.6 is 11.8 Å². The summed E-state index contributed by atoms with van der Waals surface area (Å²) in [6, 6.07) is 7.73. The number of carbonyl (C=O) groups is 1. The Labute approximate surface area is 134 Å².